The van der Waals surface area contributed by atoms with Gasteiger partial charge in [0.05, 0.1) is 5.69 Å². The van der Waals surface area contributed by atoms with E-state index in [0.717, 1.165) is 47.9 Å². The van der Waals surface area contributed by atoms with Crippen LogP contribution in [0.25, 0.3) is 0 Å². The van der Waals surface area contributed by atoms with Gasteiger partial charge in [0.2, 0.25) is 0 Å². The molecule has 1 aliphatic heterocycles. The van der Waals surface area contributed by atoms with Crippen LogP contribution in [0.15, 0.2) is 35.1 Å². The van der Waals surface area contributed by atoms with Gasteiger partial charge in [0.15, 0.2) is 0 Å². The van der Waals surface area contributed by atoms with Gasteiger partial charge in [0.25, 0.3) is 0 Å². The van der Waals surface area contributed by atoms with Crippen molar-refractivity contribution in [3.8, 4) is 0 Å². The van der Waals surface area contributed by atoms with E-state index in [1.807, 2.05) is 18.5 Å². The maximum absolute atomic E-state index is 4.78. The highest BCUT2D eigenvalue weighted by Crippen LogP contribution is 2.38. The summed E-state index contributed by atoms with van der Waals surface area (Å²) in [6, 6.07) is 6.68. The summed E-state index contributed by atoms with van der Waals surface area (Å²) in [4.78, 5) is 18.5. The number of nitrogens with zero attached hydrogens (tertiary/aromatic N) is 5. The van der Waals surface area contributed by atoms with Crippen LogP contribution < -0.4 is 4.90 Å². The van der Waals surface area contributed by atoms with Crippen molar-refractivity contribution in [2.24, 2.45) is 0 Å². The maximum atomic E-state index is 4.78. The summed E-state index contributed by atoms with van der Waals surface area (Å²) < 4.78 is 1.03. The predicted octanol–water partition coefficient (Wildman–Crippen LogP) is 3.22. The number of hydrogen-bond acceptors (Lipinski definition) is 5. The Morgan fingerprint density at radius 3 is 2.83 bits per heavy atom. The first kappa shape index (κ1) is 16.0. The lowest BCUT2D eigenvalue weighted by molar-refractivity contribution is 0.321. The molecule has 0 aromatic carbocycles. The molecule has 4 rings (SSSR count). The normalized spacial score (nSPS) is 21.2. The van der Waals surface area contributed by atoms with Crippen molar-refractivity contribution in [1.29, 1.82) is 0 Å². The van der Waals surface area contributed by atoms with E-state index in [1.54, 1.807) is 0 Å². The van der Waals surface area contributed by atoms with Gasteiger partial charge in [-0.2, -0.15) is 0 Å². The molecule has 0 amide bonds. The fourth-order valence-electron chi connectivity index (χ4n) is 3.29. The van der Waals surface area contributed by atoms with Gasteiger partial charge in [0, 0.05) is 55.5 Å². The number of pyridine rings is 1. The van der Waals surface area contributed by atoms with Crippen LogP contribution in [0.3, 0.4) is 0 Å². The molecular formula is C18H22BrN5. The van der Waals surface area contributed by atoms with Crippen molar-refractivity contribution in [3.05, 3.63) is 46.6 Å². The molecule has 1 unspecified atom stereocenters. The summed E-state index contributed by atoms with van der Waals surface area (Å²) in [5.74, 6) is 2.68. The van der Waals surface area contributed by atoms with E-state index in [9.17, 15) is 0 Å². The third-order valence-electron chi connectivity index (χ3n) is 4.93. The highest BCUT2D eigenvalue weighted by Gasteiger charge is 2.29. The molecular weight excluding hydrogens is 366 g/mol. The molecule has 3 heterocycles. The van der Waals surface area contributed by atoms with Gasteiger partial charge in [-0.15, -0.1) is 0 Å². The van der Waals surface area contributed by atoms with Crippen LogP contribution >= 0.6 is 15.9 Å². The molecule has 6 heteroatoms. The van der Waals surface area contributed by atoms with Crippen molar-refractivity contribution >= 4 is 21.7 Å². The van der Waals surface area contributed by atoms with Crippen LogP contribution in [-0.4, -0.2) is 46.0 Å². The number of hydrogen-bond donors (Lipinski definition) is 0. The van der Waals surface area contributed by atoms with Crippen molar-refractivity contribution in [1.82, 2.24) is 19.9 Å². The van der Waals surface area contributed by atoms with Gasteiger partial charge in [-0.3, -0.25) is 9.88 Å². The number of aromatic nitrogens is 3. The SMILES string of the molecule is CN(c1ccnc(C2CC2)n1)C1CCN(Cc2ccc(Br)cn2)C1. The zero-order valence-corrected chi connectivity index (χ0v) is 15.5. The molecule has 2 aromatic rings. The topological polar surface area (TPSA) is 45.2 Å². The Morgan fingerprint density at radius 1 is 1.21 bits per heavy atom. The fraction of sp³-hybridized carbons (Fsp3) is 0.500. The summed E-state index contributed by atoms with van der Waals surface area (Å²) in [6.07, 6.45) is 7.42. The Labute approximate surface area is 151 Å². The van der Waals surface area contributed by atoms with Gasteiger partial charge in [-0.25, -0.2) is 9.97 Å². The highest BCUT2D eigenvalue weighted by molar-refractivity contribution is 9.10. The van der Waals surface area contributed by atoms with Crippen LogP contribution in [0.1, 0.15) is 36.7 Å². The quantitative estimate of drug-likeness (QED) is 0.787. The van der Waals surface area contributed by atoms with Crippen molar-refractivity contribution in [3.63, 3.8) is 0 Å². The molecule has 0 radical (unpaired) electrons. The predicted molar refractivity (Wildman–Crippen MR) is 98.0 cm³/mol. The Balaban J connectivity index is 1.38. The van der Waals surface area contributed by atoms with Gasteiger partial charge in [-0.1, -0.05) is 0 Å². The molecule has 24 heavy (non-hydrogen) atoms. The van der Waals surface area contributed by atoms with Crippen LogP contribution in [0, 0.1) is 0 Å². The number of anilines is 1. The second-order valence-corrected chi connectivity index (χ2v) is 7.72. The van der Waals surface area contributed by atoms with Gasteiger partial charge >= 0.3 is 0 Å². The number of halogens is 1. The monoisotopic (exact) mass is 387 g/mol. The summed E-state index contributed by atoms with van der Waals surface area (Å²) in [6.45, 7) is 3.07. The molecule has 1 saturated carbocycles. The van der Waals surface area contributed by atoms with Crippen molar-refractivity contribution in [2.45, 2.75) is 37.8 Å². The number of likely N-dealkylation sites (tertiary alicyclic amines) is 1. The molecule has 2 aromatic heterocycles. The first-order valence-electron chi connectivity index (χ1n) is 8.57. The van der Waals surface area contributed by atoms with Crippen LogP contribution in [0.4, 0.5) is 5.82 Å². The van der Waals surface area contributed by atoms with E-state index in [0.29, 0.717) is 12.0 Å². The Bertz CT molecular complexity index is 701. The summed E-state index contributed by atoms with van der Waals surface area (Å²) in [5, 5.41) is 0. The van der Waals surface area contributed by atoms with Crippen LogP contribution in [-0.2, 0) is 6.54 Å². The standard InChI is InChI=1S/C18H22BrN5/c1-23(17-6-8-20-18(22-17)13-2-3-13)16-7-9-24(12-16)11-15-5-4-14(19)10-21-15/h4-6,8,10,13,16H,2-3,7,9,11-12H2,1H3. The minimum Gasteiger partial charge on any atom is -0.355 e. The maximum Gasteiger partial charge on any atom is 0.133 e. The molecule has 1 aliphatic carbocycles. The van der Waals surface area contributed by atoms with Gasteiger partial charge in [0.1, 0.15) is 11.6 Å². The number of rotatable bonds is 5. The minimum absolute atomic E-state index is 0.502. The van der Waals surface area contributed by atoms with E-state index in [2.05, 4.69) is 54.9 Å². The van der Waals surface area contributed by atoms with E-state index in [1.165, 1.54) is 12.8 Å². The largest absolute Gasteiger partial charge is 0.355 e. The lowest BCUT2D eigenvalue weighted by Gasteiger charge is -2.26. The Hall–Kier alpha value is -1.53. The van der Waals surface area contributed by atoms with Crippen molar-refractivity contribution < 1.29 is 0 Å². The average Bonchev–Trinajstić information content (AvgIpc) is 3.36. The second kappa shape index (κ2) is 6.76. The summed E-state index contributed by atoms with van der Waals surface area (Å²) >= 11 is 3.44. The van der Waals surface area contributed by atoms with Gasteiger partial charge < -0.3 is 4.90 Å². The molecule has 0 bridgehead atoms. The molecule has 1 atom stereocenters. The van der Waals surface area contributed by atoms with E-state index < -0.39 is 0 Å². The molecule has 126 valence electrons. The van der Waals surface area contributed by atoms with E-state index in [4.69, 9.17) is 4.98 Å². The van der Waals surface area contributed by atoms with Crippen molar-refractivity contribution in [2.75, 3.05) is 25.0 Å². The van der Waals surface area contributed by atoms with E-state index >= 15 is 0 Å². The molecule has 0 N–H and O–H groups in total. The highest BCUT2D eigenvalue weighted by atomic mass is 79.9. The summed E-state index contributed by atoms with van der Waals surface area (Å²) in [7, 11) is 2.16. The molecule has 2 aliphatic rings. The first-order chi connectivity index (χ1) is 11.7. The molecule has 1 saturated heterocycles. The first-order valence-corrected chi connectivity index (χ1v) is 9.37. The number of likely N-dealkylation sites (N-methyl/N-ethyl adjacent to an activating group) is 1. The minimum atomic E-state index is 0.502. The molecule has 0 spiro atoms. The van der Waals surface area contributed by atoms with Gasteiger partial charge in [-0.05, 0) is 53.4 Å². The van der Waals surface area contributed by atoms with Crippen LogP contribution in [0.5, 0.6) is 0 Å². The zero-order valence-electron chi connectivity index (χ0n) is 13.9. The Morgan fingerprint density at radius 2 is 2.08 bits per heavy atom. The fourth-order valence-corrected chi connectivity index (χ4v) is 3.52. The average molecular weight is 388 g/mol. The second-order valence-electron chi connectivity index (χ2n) is 6.80. The molecule has 2 fully saturated rings. The zero-order chi connectivity index (χ0) is 16.5. The summed E-state index contributed by atoms with van der Waals surface area (Å²) in [5.41, 5.74) is 1.12. The van der Waals surface area contributed by atoms with Crippen LogP contribution in [0.2, 0.25) is 0 Å². The third kappa shape index (κ3) is 3.59. The Kier molecular flexibility index (Phi) is 4.50. The van der Waals surface area contributed by atoms with E-state index in [-0.39, 0.29) is 0 Å². The smallest absolute Gasteiger partial charge is 0.133 e. The lowest BCUT2D eigenvalue weighted by Crippen LogP contribution is -2.35. The lowest BCUT2D eigenvalue weighted by atomic mass is 10.2. The third-order valence-corrected chi connectivity index (χ3v) is 5.40. The molecule has 5 nitrogen and oxygen atoms in total.